The molecule has 0 radical (unpaired) electrons. The van der Waals surface area contributed by atoms with Crippen molar-refractivity contribution in [2.45, 2.75) is 13.3 Å². The lowest BCUT2D eigenvalue weighted by atomic mass is 10.0. The van der Waals surface area contributed by atoms with Crippen molar-refractivity contribution < 1.29 is 9.84 Å². The quantitative estimate of drug-likeness (QED) is 0.861. The van der Waals surface area contributed by atoms with Gasteiger partial charge >= 0.3 is 0 Å². The summed E-state index contributed by atoms with van der Waals surface area (Å²) in [5.74, 6) is 1.13. The number of ether oxygens (including phenoxy) is 1. The normalized spacial score (nSPS) is 10.2. The van der Waals surface area contributed by atoms with Gasteiger partial charge in [-0.15, -0.1) is 0 Å². The van der Waals surface area contributed by atoms with E-state index < -0.39 is 0 Å². The van der Waals surface area contributed by atoms with E-state index in [4.69, 9.17) is 4.74 Å². The molecule has 0 atom stereocenters. The molecule has 2 aromatic rings. The highest BCUT2D eigenvalue weighted by Crippen LogP contribution is 2.31. The van der Waals surface area contributed by atoms with Gasteiger partial charge in [-0.05, 0) is 30.2 Å². The van der Waals surface area contributed by atoms with Gasteiger partial charge in [-0.25, -0.2) is 0 Å². The molecule has 0 saturated heterocycles. The Labute approximate surface area is 101 Å². The van der Waals surface area contributed by atoms with Crippen LogP contribution in [-0.2, 0) is 0 Å². The molecule has 17 heavy (non-hydrogen) atoms. The molecule has 0 fully saturated rings. The number of phenolic OH excluding ortho intramolecular Hbond substituents is 1. The molecule has 0 saturated carbocycles. The summed E-state index contributed by atoms with van der Waals surface area (Å²) < 4.78 is 5.70. The first-order valence-electron chi connectivity index (χ1n) is 5.82. The van der Waals surface area contributed by atoms with Crippen LogP contribution in [0.5, 0.6) is 11.5 Å². The second-order valence-electron chi connectivity index (χ2n) is 3.89. The summed E-state index contributed by atoms with van der Waals surface area (Å²) in [6, 6.07) is 15.1. The Kier molecular flexibility index (Phi) is 3.66. The Morgan fingerprint density at radius 2 is 1.88 bits per heavy atom. The highest BCUT2D eigenvalue weighted by molar-refractivity contribution is 5.71. The fourth-order valence-electron chi connectivity index (χ4n) is 1.72. The summed E-state index contributed by atoms with van der Waals surface area (Å²) in [4.78, 5) is 0. The zero-order chi connectivity index (χ0) is 12.1. The second-order valence-corrected chi connectivity index (χ2v) is 3.89. The van der Waals surface area contributed by atoms with Crippen LogP contribution in [0.2, 0.25) is 0 Å². The van der Waals surface area contributed by atoms with Crippen molar-refractivity contribution in [1.82, 2.24) is 0 Å². The molecular formula is C15H16O2. The molecule has 2 aromatic carbocycles. The van der Waals surface area contributed by atoms with Gasteiger partial charge in [0.1, 0.15) is 11.5 Å². The van der Waals surface area contributed by atoms with Gasteiger partial charge < -0.3 is 9.84 Å². The Bertz CT molecular complexity index is 492. The van der Waals surface area contributed by atoms with E-state index in [0.717, 1.165) is 23.3 Å². The lowest BCUT2D eigenvalue weighted by molar-refractivity contribution is 0.318. The molecule has 0 aliphatic carbocycles. The summed E-state index contributed by atoms with van der Waals surface area (Å²) >= 11 is 0. The van der Waals surface area contributed by atoms with Crippen LogP contribution < -0.4 is 4.74 Å². The Morgan fingerprint density at radius 3 is 2.65 bits per heavy atom. The zero-order valence-electron chi connectivity index (χ0n) is 9.89. The summed E-state index contributed by atoms with van der Waals surface area (Å²) in [6.45, 7) is 2.78. The number of phenols is 1. The molecule has 1 N–H and O–H groups in total. The van der Waals surface area contributed by atoms with E-state index in [1.54, 1.807) is 12.1 Å². The van der Waals surface area contributed by atoms with Crippen LogP contribution in [0.1, 0.15) is 13.3 Å². The molecular weight excluding hydrogens is 212 g/mol. The lowest BCUT2D eigenvalue weighted by Gasteiger charge is -2.11. The van der Waals surface area contributed by atoms with Crippen LogP contribution in [0.15, 0.2) is 48.5 Å². The number of hydrogen-bond donors (Lipinski definition) is 1. The highest BCUT2D eigenvalue weighted by atomic mass is 16.5. The molecule has 2 nitrogen and oxygen atoms in total. The van der Waals surface area contributed by atoms with E-state index in [-0.39, 0.29) is 5.75 Å². The summed E-state index contributed by atoms with van der Waals surface area (Å²) in [6.07, 6.45) is 0.981. The molecule has 0 aromatic heterocycles. The van der Waals surface area contributed by atoms with Crippen LogP contribution in [-0.4, -0.2) is 11.7 Å². The van der Waals surface area contributed by atoms with Crippen LogP contribution >= 0.6 is 0 Å². The third-order valence-electron chi connectivity index (χ3n) is 2.51. The Morgan fingerprint density at radius 1 is 1.06 bits per heavy atom. The van der Waals surface area contributed by atoms with Gasteiger partial charge in [0.05, 0.1) is 6.61 Å². The maximum atomic E-state index is 9.50. The van der Waals surface area contributed by atoms with E-state index in [0.29, 0.717) is 6.61 Å². The van der Waals surface area contributed by atoms with Gasteiger partial charge in [-0.1, -0.05) is 37.3 Å². The van der Waals surface area contributed by atoms with E-state index in [9.17, 15) is 5.11 Å². The van der Waals surface area contributed by atoms with Crippen LogP contribution in [0.25, 0.3) is 11.1 Å². The summed E-state index contributed by atoms with van der Waals surface area (Å²) in [7, 11) is 0. The van der Waals surface area contributed by atoms with Gasteiger partial charge in [0.25, 0.3) is 0 Å². The predicted molar refractivity (Wildman–Crippen MR) is 69.3 cm³/mol. The van der Waals surface area contributed by atoms with Crippen molar-refractivity contribution in [2.75, 3.05) is 6.61 Å². The SMILES string of the molecule is CCCOc1ccccc1-c1cccc(O)c1. The molecule has 2 heteroatoms. The summed E-state index contributed by atoms with van der Waals surface area (Å²) in [5.41, 5.74) is 1.98. The van der Waals surface area contributed by atoms with E-state index in [1.165, 1.54) is 0 Å². The third-order valence-corrected chi connectivity index (χ3v) is 2.51. The largest absolute Gasteiger partial charge is 0.508 e. The first-order valence-corrected chi connectivity index (χ1v) is 5.82. The number of aromatic hydroxyl groups is 1. The van der Waals surface area contributed by atoms with E-state index in [1.807, 2.05) is 36.4 Å². The topological polar surface area (TPSA) is 29.5 Å². The maximum absolute atomic E-state index is 9.50. The number of hydrogen-bond acceptors (Lipinski definition) is 2. The number of para-hydroxylation sites is 1. The molecule has 0 amide bonds. The Balaban J connectivity index is 2.37. The number of benzene rings is 2. The van der Waals surface area contributed by atoms with Gasteiger partial charge in [0, 0.05) is 5.56 Å². The minimum absolute atomic E-state index is 0.271. The first kappa shape index (κ1) is 11.5. The van der Waals surface area contributed by atoms with Crippen molar-refractivity contribution in [2.24, 2.45) is 0 Å². The third kappa shape index (κ3) is 2.78. The van der Waals surface area contributed by atoms with Crippen LogP contribution in [0, 0.1) is 0 Å². The minimum atomic E-state index is 0.271. The molecule has 2 rings (SSSR count). The van der Waals surface area contributed by atoms with Crippen LogP contribution in [0.3, 0.4) is 0 Å². The molecule has 0 unspecified atom stereocenters. The molecule has 0 spiro atoms. The molecule has 88 valence electrons. The smallest absolute Gasteiger partial charge is 0.127 e. The highest BCUT2D eigenvalue weighted by Gasteiger charge is 2.05. The molecule has 0 aliphatic rings. The fourth-order valence-corrected chi connectivity index (χ4v) is 1.72. The Hall–Kier alpha value is -1.96. The summed E-state index contributed by atoms with van der Waals surface area (Å²) in [5, 5.41) is 9.50. The zero-order valence-corrected chi connectivity index (χ0v) is 9.89. The van der Waals surface area contributed by atoms with Crippen molar-refractivity contribution >= 4 is 0 Å². The van der Waals surface area contributed by atoms with Crippen molar-refractivity contribution in [3.05, 3.63) is 48.5 Å². The average molecular weight is 228 g/mol. The van der Waals surface area contributed by atoms with Gasteiger partial charge in [0.15, 0.2) is 0 Å². The monoisotopic (exact) mass is 228 g/mol. The van der Waals surface area contributed by atoms with Gasteiger partial charge in [0.2, 0.25) is 0 Å². The molecule has 0 heterocycles. The molecule has 0 bridgehead atoms. The predicted octanol–water partition coefficient (Wildman–Crippen LogP) is 3.85. The van der Waals surface area contributed by atoms with E-state index in [2.05, 4.69) is 6.92 Å². The lowest BCUT2D eigenvalue weighted by Crippen LogP contribution is -1.96. The second kappa shape index (κ2) is 5.39. The van der Waals surface area contributed by atoms with E-state index >= 15 is 0 Å². The van der Waals surface area contributed by atoms with Crippen molar-refractivity contribution in [3.8, 4) is 22.6 Å². The first-order chi connectivity index (χ1) is 8.31. The van der Waals surface area contributed by atoms with Gasteiger partial charge in [-0.2, -0.15) is 0 Å². The minimum Gasteiger partial charge on any atom is -0.508 e. The van der Waals surface area contributed by atoms with Crippen LogP contribution in [0.4, 0.5) is 0 Å². The van der Waals surface area contributed by atoms with Crippen molar-refractivity contribution in [1.29, 1.82) is 0 Å². The average Bonchev–Trinajstić information content (AvgIpc) is 2.37. The standard InChI is InChI=1S/C15H16O2/c1-2-10-17-15-9-4-3-8-14(15)12-6-5-7-13(16)11-12/h3-9,11,16H,2,10H2,1H3. The molecule has 0 aliphatic heterocycles. The van der Waals surface area contributed by atoms with Crippen molar-refractivity contribution in [3.63, 3.8) is 0 Å². The fraction of sp³-hybridized carbons (Fsp3) is 0.200. The van der Waals surface area contributed by atoms with Gasteiger partial charge in [-0.3, -0.25) is 0 Å². The number of rotatable bonds is 4. The maximum Gasteiger partial charge on any atom is 0.127 e.